The number of benzene rings is 2. The van der Waals surface area contributed by atoms with Gasteiger partial charge in [0.15, 0.2) is 11.5 Å². The van der Waals surface area contributed by atoms with Gasteiger partial charge in [0.2, 0.25) is 12.5 Å². The average Bonchev–Trinajstić information content (AvgIpc) is 3.16. The van der Waals surface area contributed by atoms with E-state index in [-0.39, 0.29) is 24.4 Å². The van der Waals surface area contributed by atoms with Crippen LogP contribution in [0.25, 0.3) is 0 Å². The Labute approximate surface area is 164 Å². The van der Waals surface area contributed by atoms with Crippen LogP contribution in [0.3, 0.4) is 0 Å². The Bertz CT molecular complexity index is 877. The lowest BCUT2D eigenvalue weighted by Crippen LogP contribution is -2.34. The lowest BCUT2D eigenvalue weighted by atomic mass is 9.87. The zero-order valence-corrected chi connectivity index (χ0v) is 16.2. The van der Waals surface area contributed by atoms with Crippen molar-refractivity contribution in [1.29, 1.82) is 0 Å². The number of aryl methyl sites for hydroxylation is 1. The highest BCUT2D eigenvalue weighted by Crippen LogP contribution is 2.50. The molecule has 2 aromatic rings. The maximum absolute atomic E-state index is 12.8. The van der Waals surface area contributed by atoms with Crippen LogP contribution in [0.2, 0.25) is 0 Å². The molecule has 0 aromatic heterocycles. The fourth-order valence-electron chi connectivity index (χ4n) is 4.05. The first-order valence-electron chi connectivity index (χ1n) is 9.56. The number of methoxy groups -OCH3 is 1. The van der Waals surface area contributed by atoms with Gasteiger partial charge in [-0.15, -0.1) is 0 Å². The van der Waals surface area contributed by atoms with Crippen molar-refractivity contribution in [2.24, 2.45) is 0 Å². The number of carbonyl (C=O) groups excluding carboxylic acids is 1. The Morgan fingerprint density at radius 1 is 1.29 bits per heavy atom. The summed E-state index contributed by atoms with van der Waals surface area (Å²) in [6, 6.07) is 9.00. The van der Waals surface area contributed by atoms with E-state index >= 15 is 0 Å². The highest BCUT2D eigenvalue weighted by molar-refractivity contribution is 5.80. The minimum atomic E-state index is -0.0412. The largest absolute Gasteiger partial charge is 0.508 e. The van der Waals surface area contributed by atoms with Crippen molar-refractivity contribution in [2.45, 2.75) is 31.7 Å². The zero-order chi connectivity index (χ0) is 19.7. The predicted octanol–water partition coefficient (Wildman–Crippen LogP) is 3.25. The van der Waals surface area contributed by atoms with Crippen molar-refractivity contribution in [3.8, 4) is 23.0 Å². The Morgan fingerprint density at radius 2 is 2.07 bits per heavy atom. The quantitative estimate of drug-likeness (QED) is 0.826. The van der Waals surface area contributed by atoms with Gasteiger partial charge >= 0.3 is 0 Å². The summed E-state index contributed by atoms with van der Waals surface area (Å²) < 4.78 is 16.9. The maximum Gasteiger partial charge on any atom is 0.231 e. The lowest BCUT2D eigenvalue weighted by molar-refractivity contribution is -0.120. The van der Waals surface area contributed by atoms with E-state index < -0.39 is 0 Å². The first kappa shape index (κ1) is 18.6. The minimum absolute atomic E-state index is 0.0412. The second kappa shape index (κ2) is 7.72. The molecule has 2 heterocycles. The summed E-state index contributed by atoms with van der Waals surface area (Å²) >= 11 is 0. The number of likely N-dealkylation sites (N-methyl/N-ethyl adjacent to an activating group) is 1. The summed E-state index contributed by atoms with van der Waals surface area (Å²) in [5.41, 5.74) is 3.25. The molecule has 6 nitrogen and oxygen atoms in total. The van der Waals surface area contributed by atoms with E-state index in [1.807, 2.05) is 25.2 Å². The van der Waals surface area contributed by atoms with Gasteiger partial charge in [-0.25, -0.2) is 0 Å². The van der Waals surface area contributed by atoms with Crippen molar-refractivity contribution >= 4 is 5.78 Å². The van der Waals surface area contributed by atoms with Crippen LogP contribution in [0.4, 0.5) is 0 Å². The van der Waals surface area contributed by atoms with Crippen LogP contribution in [0.5, 0.6) is 23.0 Å². The number of nitrogens with zero attached hydrogens (tertiary/aromatic N) is 1. The number of phenols is 1. The molecular formula is C22H25NO5. The standard InChI is InChI=1S/C22H25NO5/c1-23-10-9-15-11-19-21(28-13-27-19)22(26-2)20(15)18(23)12-17(25)8-5-14-3-6-16(24)7-4-14/h3-4,6-7,11,18,24H,5,8-10,12-13H2,1-2H3. The summed E-state index contributed by atoms with van der Waals surface area (Å²) in [6.07, 6.45) is 2.45. The molecule has 2 aliphatic rings. The molecule has 6 heteroatoms. The molecular weight excluding hydrogens is 358 g/mol. The van der Waals surface area contributed by atoms with Crippen LogP contribution in [0, 0.1) is 0 Å². The van der Waals surface area contributed by atoms with E-state index in [0.717, 1.165) is 35.4 Å². The molecule has 0 saturated heterocycles. The molecule has 4 rings (SSSR count). The second-order valence-corrected chi connectivity index (χ2v) is 7.37. The van der Waals surface area contributed by atoms with Gasteiger partial charge in [0.05, 0.1) is 7.11 Å². The molecule has 0 spiro atoms. The molecule has 0 aliphatic carbocycles. The number of rotatable bonds is 6. The number of hydrogen-bond acceptors (Lipinski definition) is 6. The van der Waals surface area contributed by atoms with Crippen molar-refractivity contribution in [1.82, 2.24) is 4.90 Å². The topological polar surface area (TPSA) is 68.2 Å². The van der Waals surface area contributed by atoms with E-state index in [1.165, 1.54) is 0 Å². The molecule has 0 saturated carbocycles. The minimum Gasteiger partial charge on any atom is -0.508 e. The van der Waals surface area contributed by atoms with Crippen LogP contribution < -0.4 is 14.2 Å². The van der Waals surface area contributed by atoms with Gasteiger partial charge in [-0.05, 0) is 49.2 Å². The Balaban J connectivity index is 1.53. The smallest absolute Gasteiger partial charge is 0.231 e. The van der Waals surface area contributed by atoms with E-state index in [2.05, 4.69) is 4.90 Å². The van der Waals surface area contributed by atoms with E-state index in [0.29, 0.717) is 30.8 Å². The first-order chi connectivity index (χ1) is 13.6. The van der Waals surface area contributed by atoms with Gasteiger partial charge in [-0.3, -0.25) is 9.69 Å². The van der Waals surface area contributed by atoms with Crippen LogP contribution in [0.15, 0.2) is 30.3 Å². The number of aromatic hydroxyl groups is 1. The zero-order valence-electron chi connectivity index (χ0n) is 16.2. The maximum atomic E-state index is 12.8. The van der Waals surface area contributed by atoms with E-state index in [9.17, 15) is 9.90 Å². The SMILES string of the molecule is COc1c2c(cc3c1C(CC(=O)CCc1ccc(O)cc1)N(C)CC3)OCO2. The fourth-order valence-corrected chi connectivity index (χ4v) is 4.05. The van der Waals surface area contributed by atoms with Gasteiger partial charge in [-0.2, -0.15) is 0 Å². The van der Waals surface area contributed by atoms with Crippen LogP contribution >= 0.6 is 0 Å². The van der Waals surface area contributed by atoms with E-state index in [1.54, 1.807) is 19.2 Å². The molecule has 0 amide bonds. The Morgan fingerprint density at radius 3 is 2.82 bits per heavy atom. The third kappa shape index (κ3) is 3.52. The molecule has 1 unspecified atom stereocenters. The van der Waals surface area contributed by atoms with Crippen molar-refractivity contribution in [2.75, 3.05) is 27.5 Å². The number of Topliss-reactive ketones (excluding diaryl/α,β-unsaturated/α-hetero) is 1. The summed E-state index contributed by atoms with van der Waals surface area (Å²) in [5, 5.41) is 9.39. The number of hydrogen-bond donors (Lipinski definition) is 1. The molecule has 2 aliphatic heterocycles. The highest BCUT2D eigenvalue weighted by atomic mass is 16.7. The number of ether oxygens (including phenoxy) is 3. The Hall–Kier alpha value is -2.73. The normalized spacial score (nSPS) is 18.0. The molecule has 0 radical (unpaired) electrons. The first-order valence-corrected chi connectivity index (χ1v) is 9.56. The van der Waals surface area contributed by atoms with Crippen LogP contribution in [-0.4, -0.2) is 43.3 Å². The lowest BCUT2D eigenvalue weighted by Gasteiger charge is -2.35. The average molecular weight is 383 g/mol. The number of ketones is 1. The predicted molar refractivity (Wildman–Crippen MR) is 104 cm³/mol. The molecule has 1 atom stereocenters. The molecule has 28 heavy (non-hydrogen) atoms. The van der Waals surface area contributed by atoms with Crippen molar-refractivity contribution in [3.63, 3.8) is 0 Å². The summed E-state index contributed by atoms with van der Waals surface area (Å²) in [5.74, 6) is 2.49. The number of fused-ring (bicyclic) bond motifs is 2. The van der Waals surface area contributed by atoms with Gasteiger partial charge in [-0.1, -0.05) is 12.1 Å². The summed E-state index contributed by atoms with van der Waals surface area (Å²) in [6.45, 7) is 1.08. The Kier molecular flexibility index (Phi) is 5.13. The van der Waals surface area contributed by atoms with Gasteiger partial charge in [0, 0.05) is 31.0 Å². The summed E-state index contributed by atoms with van der Waals surface area (Å²) in [7, 11) is 3.68. The molecule has 148 valence electrons. The van der Waals surface area contributed by atoms with Crippen LogP contribution in [0.1, 0.15) is 35.6 Å². The molecule has 2 aromatic carbocycles. The van der Waals surface area contributed by atoms with Gasteiger partial charge in [0.1, 0.15) is 11.5 Å². The number of carbonyl (C=O) groups is 1. The van der Waals surface area contributed by atoms with Crippen LogP contribution in [-0.2, 0) is 17.6 Å². The number of phenolic OH excluding ortho intramolecular Hbond substituents is 1. The fraction of sp³-hybridized carbons (Fsp3) is 0.409. The molecule has 1 N–H and O–H groups in total. The third-order valence-corrected chi connectivity index (χ3v) is 5.60. The summed E-state index contributed by atoms with van der Waals surface area (Å²) in [4.78, 5) is 15.0. The monoisotopic (exact) mass is 383 g/mol. The van der Waals surface area contributed by atoms with Crippen molar-refractivity contribution in [3.05, 3.63) is 47.0 Å². The second-order valence-electron chi connectivity index (χ2n) is 7.37. The van der Waals surface area contributed by atoms with Gasteiger partial charge < -0.3 is 19.3 Å². The third-order valence-electron chi connectivity index (χ3n) is 5.60. The van der Waals surface area contributed by atoms with Gasteiger partial charge in [0.25, 0.3) is 0 Å². The van der Waals surface area contributed by atoms with E-state index in [4.69, 9.17) is 14.2 Å². The molecule has 0 bridgehead atoms. The molecule has 0 fully saturated rings. The highest BCUT2D eigenvalue weighted by Gasteiger charge is 2.34. The van der Waals surface area contributed by atoms with Crippen molar-refractivity contribution < 1.29 is 24.1 Å².